The number of nitrogens with one attached hydrogen (secondary N) is 1. The van der Waals surface area contributed by atoms with Gasteiger partial charge in [0.25, 0.3) is 0 Å². The fraction of sp³-hybridized carbons (Fsp3) is 0.333. The number of alkyl halides is 3. The minimum Gasteiger partial charge on any atom is -0.346 e. The molecule has 0 amide bonds. The summed E-state index contributed by atoms with van der Waals surface area (Å²) in [7, 11) is 0. The standard InChI is InChI=1S/C18H16F4N4O/c19-14-10-25-17(13-6-9-24-16-12(13)5-8-23-16)26-15(14)3-1-2-11(27)4-7-18(20,21)22/h5-6,8-10H,1-4,7H2,(H,23,24). The molecule has 3 heterocycles. The summed E-state index contributed by atoms with van der Waals surface area (Å²) < 4.78 is 50.4. The summed E-state index contributed by atoms with van der Waals surface area (Å²) in [5.41, 5.74) is 1.46. The summed E-state index contributed by atoms with van der Waals surface area (Å²) in [6, 6.07) is 3.53. The third kappa shape index (κ3) is 4.87. The molecule has 0 saturated carbocycles. The average Bonchev–Trinajstić information content (AvgIpc) is 3.10. The number of aryl methyl sites for hydroxylation is 1. The van der Waals surface area contributed by atoms with Crippen molar-refractivity contribution in [1.29, 1.82) is 0 Å². The predicted octanol–water partition coefficient (Wildman–Crippen LogP) is 4.39. The Morgan fingerprint density at radius 2 is 1.96 bits per heavy atom. The lowest BCUT2D eigenvalue weighted by Crippen LogP contribution is -2.11. The van der Waals surface area contributed by atoms with Crippen molar-refractivity contribution in [2.75, 3.05) is 0 Å². The first-order chi connectivity index (χ1) is 12.8. The quantitative estimate of drug-likeness (QED) is 0.617. The molecule has 3 rings (SSSR count). The number of rotatable bonds is 7. The Kier molecular flexibility index (Phi) is 5.48. The van der Waals surface area contributed by atoms with Gasteiger partial charge in [0.2, 0.25) is 0 Å². The number of carbonyl (C=O) groups excluding carboxylic acids is 1. The molecule has 0 aliphatic carbocycles. The van der Waals surface area contributed by atoms with Gasteiger partial charge in [0.05, 0.1) is 18.3 Å². The highest BCUT2D eigenvalue weighted by Crippen LogP contribution is 2.25. The van der Waals surface area contributed by atoms with Crippen LogP contribution in [0.1, 0.15) is 31.4 Å². The van der Waals surface area contributed by atoms with Crippen LogP contribution < -0.4 is 0 Å². The third-order valence-corrected chi connectivity index (χ3v) is 4.07. The molecule has 0 fully saturated rings. The zero-order valence-electron chi connectivity index (χ0n) is 14.2. The van der Waals surface area contributed by atoms with Gasteiger partial charge in [0.15, 0.2) is 11.6 Å². The van der Waals surface area contributed by atoms with Crippen LogP contribution in [0.3, 0.4) is 0 Å². The number of Topliss-reactive ketones (excluding diaryl/α,β-unsaturated/α-hetero) is 1. The molecule has 3 aromatic heterocycles. The van der Waals surface area contributed by atoms with Crippen molar-refractivity contribution >= 4 is 16.8 Å². The normalized spacial score (nSPS) is 11.9. The van der Waals surface area contributed by atoms with Crippen LogP contribution in [-0.4, -0.2) is 31.9 Å². The molecular weight excluding hydrogens is 364 g/mol. The lowest BCUT2D eigenvalue weighted by molar-refractivity contribution is -0.143. The Morgan fingerprint density at radius 1 is 1.15 bits per heavy atom. The molecule has 0 aliphatic rings. The first-order valence-corrected chi connectivity index (χ1v) is 8.36. The number of carbonyl (C=O) groups is 1. The lowest BCUT2D eigenvalue weighted by atomic mass is 10.1. The van der Waals surface area contributed by atoms with Crippen molar-refractivity contribution in [1.82, 2.24) is 19.9 Å². The number of nitrogens with zero attached hydrogens (tertiary/aromatic N) is 3. The maximum Gasteiger partial charge on any atom is 0.389 e. The Hall–Kier alpha value is -2.84. The van der Waals surface area contributed by atoms with Crippen LogP contribution in [0, 0.1) is 5.82 Å². The van der Waals surface area contributed by atoms with E-state index in [0.29, 0.717) is 17.0 Å². The molecule has 3 aromatic rings. The predicted molar refractivity (Wildman–Crippen MR) is 90.3 cm³/mol. The van der Waals surface area contributed by atoms with Crippen LogP contribution in [0.25, 0.3) is 22.4 Å². The second kappa shape index (κ2) is 7.81. The van der Waals surface area contributed by atoms with Crippen LogP contribution in [-0.2, 0) is 11.2 Å². The van der Waals surface area contributed by atoms with Gasteiger partial charge in [-0.3, -0.25) is 4.79 Å². The van der Waals surface area contributed by atoms with Crippen LogP contribution in [0.2, 0.25) is 0 Å². The lowest BCUT2D eigenvalue weighted by Gasteiger charge is -2.07. The van der Waals surface area contributed by atoms with E-state index in [9.17, 15) is 22.4 Å². The molecule has 0 saturated heterocycles. The van der Waals surface area contributed by atoms with Gasteiger partial charge >= 0.3 is 6.18 Å². The van der Waals surface area contributed by atoms with Gasteiger partial charge in [-0.05, 0) is 25.0 Å². The molecule has 27 heavy (non-hydrogen) atoms. The summed E-state index contributed by atoms with van der Waals surface area (Å²) in [6.45, 7) is 0. The van der Waals surface area contributed by atoms with Crippen molar-refractivity contribution < 1.29 is 22.4 Å². The zero-order valence-corrected chi connectivity index (χ0v) is 14.2. The highest BCUT2D eigenvalue weighted by atomic mass is 19.4. The van der Waals surface area contributed by atoms with Crippen molar-refractivity contribution in [2.24, 2.45) is 0 Å². The van der Waals surface area contributed by atoms with Crippen molar-refractivity contribution in [3.63, 3.8) is 0 Å². The maximum atomic E-state index is 14.0. The van der Waals surface area contributed by atoms with Crippen molar-refractivity contribution in [3.05, 3.63) is 42.2 Å². The van der Waals surface area contributed by atoms with Crippen LogP contribution in [0.4, 0.5) is 17.6 Å². The second-order valence-corrected chi connectivity index (χ2v) is 6.09. The van der Waals surface area contributed by atoms with E-state index in [-0.39, 0.29) is 25.0 Å². The molecule has 0 radical (unpaired) electrons. The Bertz CT molecular complexity index is 952. The van der Waals surface area contributed by atoms with Gasteiger partial charge in [0.1, 0.15) is 11.4 Å². The van der Waals surface area contributed by atoms with Gasteiger partial charge in [-0.1, -0.05) is 0 Å². The summed E-state index contributed by atoms with van der Waals surface area (Å²) in [6.07, 6.45) is -1.36. The van der Waals surface area contributed by atoms with Gasteiger partial charge in [-0.25, -0.2) is 19.3 Å². The molecule has 0 bridgehead atoms. The van der Waals surface area contributed by atoms with E-state index in [4.69, 9.17) is 0 Å². The number of aromatic nitrogens is 4. The summed E-state index contributed by atoms with van der Waals surface area (Å²) in [4.78, 5) is 26.9. The molecule has 0 aromatic carbocycles. The largest absolute Gasteiger partial charge is 0.389 e. The first-order valence-electron chi connectivity index (χ1n) is 8.36. The number of H-pyrrole nitrogens is 1. The molecule has 9 heteroatoms. The zero-order chi connectivity index (χ0) is 19.4. The highest BCUT2D eigenvalue weighted by molar-refractivity contribution is 5.90. The van der Waals surface area contributed by atoms with Gasteiger partial charge in [-0.15, -0.1) is 0 Å². The average molecular weight is 380 g/mol. The van der Waals surface area contributed by atoms with E-state index in [1.54, 1.807) is 18.5 Å². The van der Waals surface area contributed by atoms with Crippen molar-refractivity contribution in [2.45, 2.75) is 38.3 Å². The second-order valence-electron chi connectivity index (χ2n) is 6.09. The molecule has 142 valence electrons. The third-order valence-electron chi connectivity index (χ3n) is 4.07. The maximum absolute atomic E-state index is 14.0. The Morgan fingerprint density at radius 3 is 2.74 bits per heavy atom. The van der Waals surface area contributed by atoms with Gasteiger partial charge in [-0.2, -0.15) is 13.2 Å². The van der Waals surface area contributed by atoms with E-state index in [1.807, 2.05) is 6.07 Å². The number of aromatic amines is 1. The van der Waals surface area contributed by atoms with E-state index >= 15 is 0 Å². The van der Waals surface area contributed by atoms with E-state index < -0.39 is 30.6 Å². The molecule has 0 atom stereocenters. The van der Waals surface area contributed by atoms with Gasteiger partial charge < -0.3 is 4.98 Å². The highest BCUT2D eigenvalue weighted by Gasteiger charge is 2.27. The van der Waals surface area contributed by atoms with Crippen LogP contribution in [0.15, 0.2) is 30.7 Å². The summed E-state index contributed by atoms with van der Waals surface area (Å²) in [5, 5.41) is 0.789. The molecule has 0 unspecified atom stereocenters. The fourth-order valence-electron chi connectivity index (χ4n) is 2.72. The SMILES string of the molecule is O=C(CCCc1nc(-c2ccnc3[nH]ccc23)ncc1F)CCC(F)(F)F. The first kappa shape index (κ1) is 18.9. The number of hydrogen-bond donors (Lipinski definition) is 1. The minimum atomic E-state index is -4.35. The number of hydrogen-bond acceptors (Lipinski definition) is 4. The van der Waals surface area contributed by atoms with E-state index in [1.165, 1.54) is 0 Å². The molecule has 1 N–H and O–H groups in total. The molecular formula is C18H16F4N4O. The number of ketones is 1. The molecule has 5 nitrogen and oxygen atoms in total. The number of fused-ring (bicyclic) bond motifs is 1. The fourth-order valence-corrected chi connectivity index (χ4v) is 2.72. The van der Waals surface area contributed by atoms with Crippen LogP contribution in [0.5, 0.6) is 0 Å². The van der Waals surface area contributed by atoms with Crippen molar-refractivity contribution in [3.8, 4) is 11.4 Å². The smallest absolute Gasteiger partial charge is 0.346 e. The number of halogens is 4. The van der Waals surface area contributed by atoms with E-state index in [2.05, 4.69) is 19.9 Å². The Balaban J connectivity index is 1.68. The Labute approximate surface area is 151 Å². The molecule has 0 aliphatic heterocycles. The van der Waals surface area contributed by atoms with Crippen LogP contribution >= 0.6 is 0 Å². The monoisotopic (exact) mass is 380 g/mol. The minimum absolute atomic E-state index is 0.0494. The number of pyridine rings is 1. The summed E-state index contributed by atoms with van der Waals surface area (Å²) >= 11 is 0. The topological polar surface area (TPSA) is 71.5 Å². The van der Waals surface area contributed by atoms with Gasteiger partial charge in [0, 0.05) is 36.2 Å². The molecule has 0 spiro atoms. The summed E-state index contributed by atoms with van der Waals surface area (Å²) in [5.74, 6) is -0.784. The van der Waals surface area contributed by atoms with E-state index in [0.717, 1.165) is 11.6 Å².